The summed E-state index contributed by atoms with van der Waals surface area (Å²) in [5.41, 5.74) is 0.504. The highest BCUT2D eigenvalue weighted by molar-refractivity contribution is 4.97. The van der Waals surface area contributed by atoms with Gasteiger partial charge in [0.2, 0.25) is 0 Å². The molecular weight excluding hydrogens is 244 g/mol. The van der Waals surface area contributed by atoms with Crippen LogP contribution in [0.2, 0.25) is 0 Å². The van der Waals surface area contributed by atoms with E-state index >= 15 is 0 Å². The van der Waals surface area contributed by atoms with Crippen molar-refractivity contribution in [3.63, 3.8) is 0 Å². The van der Waals surface area contributed by atoms with Crippen molar-refractivity contribution in [3.05, 3.63) is 0 Å². The van der Waals surface area contributed by atoms with Gasteiger partial charge in [-0.2, -0.15) is 0 Å². The van der Waals surface area contributed by atoms with Crippen LogP contribution in [0.3, 0.4) is 0 Å². The minimum Gasteiger partial charge on any atom is -0.310 e. The number of hydrogen-bond acceptors (Lipinski definition) is 2. The monoisotopic (exact) mass is 278 g/mol. The molecule has 1 aliphatic carbocycles. The van der Waals surface area contributed by atoms with E-state index in [1.165, 1.54) is 64.5 Å². The zero-order valence-corrected chi connectivity index (χ0v) is 13.8. The molecule has 0 bridgehead atoms. The lowest BCUT2D eigenvalue weighted by Gasteiger charge is -2.30. The van der Waals surface area contributed by atoms with Crippen LogP contribution in [0.25, 0.3) is 0 Å². The summed E-state index contributed by atoms with van der Waals surface area (Å²) in [6.45, 7) is 10.00. The largest absolute Gasteiger partial charge is 0.310 e. The first-order chi connectivity index (χ1) is 9.54. The molecule has 20 heavy (non-hydrogen) atoms. The smallest absolute Gasteiger partial charge is 0.0250 e. The summed E-state index contributed by atoms with van der Waals surface area (Å²) in [5, 5.41) is 4.06. The molecule has 0 spiro atoms. The summed E-state index contributed by atoms with van der Waals surface area (Å²) < 4.78 is 0. The molecular formula is C18H34N2. The Morgan fingerprint density at radius 3 is 2.50 bits per heavy atom. The third kappa shape index (κ3) is 3.22. The Labute approximate surface area is 125 Å². The molecule has 2 saturated heterocycles. The Balaban J connectivity index is 1.51. The van der Waals surface area contributed by atoms with Gasteiger partial charge in [0, 0.05) is 24.7 Å². The van der Waals surface area contributed by atoms with Crippen molar-refractivity contribution in [1.29, 1.82) is 0 Å². The molecule has 0 aromatic carbocycles. The first-order valence-corrected chi connectivity index (χ1v) is 9.04. The van der Waals surface area contributed by atoms with Crippen LogP contribution in [0.5, 0.6) is 0 Å². The van der Waals surface area contributed by atoms with E-state index in [0.717, 1.165) is 24.0 Å². The third-order valence-electron chi connectivity index (χ3n) is 6.25. The predicted molar refractivity (Wildman–Crippen MR) is 86.0 cm³/mol. The Hall–Kier alpha value is -0.0800. The SMILES string of the molecule is CC(C)(C)C1CCCC(NC2CCN3CCCC23)CC1. The molecule has 2 nitrogen and oxygen atoms in total. The van der Waals surface area contributed by atoms with E-state index in [1.807, 2.05) is 0 Å². The second kappa shape index (κ2) is 5.96. The number of nitrogens with zero attached hydrogens (tertiary/aromatic N) is 1. The van der Waals surface area contributed by atoms with Crippen LogP contribution < -0.4 is 5.32 Å². The topological polar surface area (TPSA) is 15.3 Å². The van der Waals surface area contributed by atoms with Crippen molar-refractivity contribution in [1.82, 2.24) is 10.2 Å². The zero-order chi connectivity index (χ0) is 14.2. The maximum atomic E-state index is 4.06. The van der Waals surface area contributed by atoms with Gasteiger partial charge in [0.25, 0.3) is 0 Å². The van der Waals surface area contributed by atoms with Gasteiger partial charge in [0.15, 0.2) is 0 Å². The van der Waals surface area contributed by atoms with Crippen LogP contribution in [0.4, 0.5) is 0 Å². The van der Waals surface area contributed by atoms with E-state index in [4.69, 9.17) is 0 Å². The molecule has 3 aliphatic rings. The third-order valence-corrected chi connectivity index (χ3v) is 6.25. The molecule has 0 aromatic heterocycles. The van der Waals surface area contributed by atoms with Gasteiger partial charge in [0.05, 0.1) is 0 Å². The average molecular weight is 278 g/mol. The highest BCUT2D eigenvalue weighted by Crippen LogP contribution is 2.37. The Morgan fingerprint density at radius 2 is 1.70 bits per heavy atom. The van der Waals surface area contributed by atoms with Crippen LogP contribution in [0.15, 0.2) is 0 Å². The van der Waals surface area contributed by atoms with Crippen LogP contribution >= 0.6 is 0 Å². The first-order valence-electron chi connectivity index (χ1n) is 9.04. The minimum absolute atomic E-state index is 0.504. The Bertz CT molecular complexity index is 320. The summed E-state index contributed by atoms with van der Waals surface area (Å²) >= 11 is 0. The molecule has 2 aliphatic heterocycles. The summed E-state index contributed by atoms with van der Waals surface area (Å²) in [5.74, 6) is 0.931. The number of rotatable bonds is 2. The fourth-order valence-corrected chi connectivity index (χ4v) is 4.91. The standard InChI is InChI=1S/C18H34N2/c1-18(2,3)14-6-4-7-15(10-9-14)19-16-11-13-20-12-5-8-17(16)20/h14-17,19H,4-13H2,1-3H3. The summed E-state index contributed by atoms with van der Waals surface area (Å²) in [7, 11) is 0. The molecule has 1 N–H and O–H groups in total. The summed E-state index contributed by atoms with van der Waals surface area (Å²) in [6.07, 6.45) is 11.4. The van der Waals surface area contributed by atoms with E-state index < -0.39 is 0 Å². The van der Waals surface area contributed by atoms with Crippen LogP contribution in [-0.4, -0.2) is 36.1 Å². The Morgan fingerprint density at radius 1 is 0.850 bits per heavy atom. The van der Waals surface area contributed by atoms with E-state index in [9.17, 15) is 0 Å². The predicted octanol–water partition coefficient (Wildman–Crippen LogP) is 3.81. The van der Waals surface area contributed by atoms with Gasteiger partial charge in [-0.25, -0.2) is 0 Å². The van der Waals surface area contributed by atoms with Crippen molar-refractivity contribution in [2.75, 3.05) is 13.1 Å². The second-order valence-corrected chi connectivity index (χ2v) is 8.58. The first kappa shape index (κ1) is 14.8. The van der Waals surface area contributed by atoms with Crippen molar-refractivity contribution >= 4 is 0 Å². The van der Waals surface area contributed by atoms with E-state index in [1.54, 1.807) is 0 Å². The van der Waals surface area contributed by atoms with Gasteiger partial charge < -0.3 is 5.32 Å². The van der Waals surface area contributed by atoms with Gasteiger partial charge >= 0.3 is 0 Å². The molecule has 3 rings (SSSR count). The molecule has 0 aromatic rings. The van der Waals surface area contributed by atoms with Crippen molar-refractivity contribution in [2.45, 2.75) is 90.3 Å². The zero-order valence-electron chi connectivity index (χ0n) is 13.8. The highest BCUT2D eigenvalue weighted by Gasteiger charge is 2.38. The number of nitrogens with one attached hydrogen (secondary N) is 1. The highest BCUT2D eigenvalue weighted by atomic mass is 15.2. The van der Waals surface area contributed by atoms with E-state index in [0.29, 0.717) is 5.41 Å². The maximum absolute atomic E-state index is 4.06. The number of hydrogen-bond donors (Lipinski definition) is 1. The Kier molecular flexibility index (Phi) is 4.42. The fraction of sp³-hybridized carbons (Fsp3) is 1.00. The van der Waals surface area contributed by atoms with Crippen LogP contribution in [-0.2, 0) is 0 Å². The van der Waals surface area contributed by atoms with Gasteiger partial charge in [-0.05, 0) is 62.8 Å². The lowest BCUT2D eigenvalue weighted by atomic mass is 9.76. The maximum Gasteiger partial charge on any atom is 0.0250 e. The fourth-order valence-electron chi connectivity index (χ4n) is 4.91. The van der Waals surface area contributed by atoms with Crippen molar-refractivity contribution in [3.8, 4) is 0 Å². The molecule has 0 amide bonds. The molecule has 1 saturated carbocycles. The van der Waals surface area contributed by atoms with Gasteiger partial charge in [-0.1, -0.05) is 27.2 Å². The lowest BCUT2D eigenvalue weighted by Crippen LogP contribution is -2.44. The summed E-state index contributed by atoms with van der Waals surface area (Å²) in [6, 6.07) is 2.47. The molecule has 2 heterocycles. The molecule has 0 radical (unpaired) electrons. The average Bonchev–Trinajstić information content (AvgIpc) is 2.88. The number of fused-ring (bicyclic) bond motifs is 1. The molecule has 2 heteroatoms. The van der Waals surface area contributed by atoms with Gasteiger partial charge in [0.1, 0.15) is 0 Å². The minimum atomic E-state index is 0.504. The normalized spacial score (nSPS) is 39.8. The van der Waals surface area contributed by atoms with Crippen LogP contribution in [0, 0.1) is 11.3 Å². The van der Waals surface area contributed by atoms with E-state index in [2.05, 4.69) is 31.0 Å². The van der Waals surface area contributed by atoms with Gasteiger partial charge in [-0.15, -0.1) is 0 Å². The lowest BCUT2D eigenvalue weighted by molar-refractivity contribution is 0.212. The second-order valence-electron chi connectivity index (χ2n) is 8.58. The molecule has 4 unspecified atom stereocenters. The van der Waals surface area contributed by atoms with Crippen molar-refractivity contribution < 1.29 is 0 Å². The molecule has 116 valence electrons. The van der Waals surface area contributed by atoms with Crippen LogP contribution in [0.1, 0.15) is 72.1 Å². The van der Waals surface area contributed by atoms with E-state index in [-0.39, 0.29) is 0 Å². The molecule has 3 fully saturated rings. The van der Waals surface area contributed by atoms with Gasteiger partial charge in [-0.3, -0.25) is 4.90 Å². The van der Waals surface area contributed by atoms with Crippen molar-refractivity contribution in [2.24, 2.45) is 11.3 Å². The quantitative estimate of drug-likeness (QED) is 0.773. The molecule has 4 atom stereocenters. The summed E-state index contributed by atoms with van der Waals surface area (Å²) in [4.78, 5) is 2.73.